The van der Waals surface area contributed by atoms with E-state index in [2.05, 4.69) is 14.7 Å². The Bertz CT molecular complexity index is 67.8. The van der Waals surface area contributed by atoms with Gasteiger partial charge in [-0.2, -0.15) is 0 Å². The summed E-state index contributed by atoms with van der Waals surface area (Å²) in [6.07, 6.45) is 0. The molecule has 0 heterocycles. The fourth-order valence-corrected chi connectivity index (χ4v) is 0.272. The summed E-state index contributed by atoms with van der Waals surface area (Å²) in [5.41, 5.74) is 7.46. The quantitative estimate of drug-likeness (QED) is 0.188. The molecule has 0 aliphatic heterocycles. The highest BCUT2D eigenvalue weighted by molar-refractivity contribution is 7.12. The zero-order valence-corrected chi connectivity index (χ0v) is 6.06. The minimum Gasteiger partial charge on any atom is -0.400 e. The second kappa shape index (κ2) is 6.42. The van der Waals surface area contributed by atoms with E-state index in [0.29, 0.717) is 13.1 Å². The third kappa shape index (κ3) is 6.18. The lowest BCUT2D eigenvalue weighted by molar-refractivity contribution is 0.122. The smallest absolute Gasteiger partial charge is 0.400 e. The first-order valence-electron chi connectivity index (χ1n) is 2.43. The van der Waals surface area contributed by atoms with Crippen LogP contribution in [0.5, 0.6) is 0 Å². The minimum absolute atomic E-state index is 0.448. The predicted molar refractivity (Wildman–Crippen MR) is 36.9 cm³/mol. The molecule has 0 aromatic rings. The summed E-state index contributed by atoms with van der Waals surface area (Å²) in [6.45, 7) is 0.925. The van der Waals surface area contributed by atoms with E-state index in [1.807, 2.05) is 9.47 Å². The Morgan fingerprint density at radius 2 is 2.44 bits per heavy atom. The number of nitrogens with two attached hydrogens (primary N) is 1. The molecule has 9 heavy (non-hydrogen) atoms. The molecule has 4 N–H and O–H groups in total. The fourth-order valence-electron chi connectivity index (χ4n) is 0.217. The molecule has 1 atom stereocenters. The molecule has 0 fully saturated rings. The molecule has 0 spiro atoms. The van der Waals surface area contributed by atoms with Gasteiger partial charge in [-0.15, -0.1) is 0 Å². The standard InChI is InChI=1S/C2H10BN2O3P/c4-1-2-5-7-3(6)8-9/h5-6H,1-2,4,9H2. The van der Waals surface area contributed by atoms with E-state index in [0.717, 1.165) is 0 Å². The molecule has 0 bridgehead atoms. The van der Waals surface area contributed by atoms with Gasteiger partial charge in [0.15, 0.2) is 0 Å². The number of hydrogen-bond acceptors (Lipinski definition) is 5. The van der Waals surface area contributed by atoms with Crippen LogP contribution < -0.4 is 11.2 Å². The van der Waals surface area contributed by atoms with Crippen molar-refractivity contribution >= 4 is 16.8 Å². The van der Waals surface area contributed by atoms with Gasteiger partial charge in [-0.1, -0.05) is 0 Å². The first kappa shape index (κ1) is 9.29. The molecule has 0 aromatic heterocycles. The third-order valence-electron chi connectivity index (χ3n) is 0.547. The zero-order valence-electron chi connectivity index (χ0n) is 4.91. The van der Waals surface area contributed by atoms with E-state index in [9.17, 15) is 0 Å². The third-order valence-corrected chi connectivity index (χ3v) is 0.780. The van der Waals surface area contributed by atoms with E-state index in [-0.39, 0.29) is 0 Å². The molecule has 54 valence electrons. The molecule has 0 rings (SSSR count). The number of nitrogens with one attached hydrogen (secondary N) is 1. The molecule has 0 radical (unpaired) electrons. The highest BCUT2D eigenvalue weighted by atomic mass is 31.0. The van der Waals surface area contributed by atoms with Gasteiger partial charge < -0.3 is 20.0 Å². The summed E-state index contributed by atoms with van der Waals surface area (Å²) in [5.74, 6) is 0. The van der Waals surface area contributed by atoms with Gasteiger partial charge in [0.05, 0.1) is 0 Å². The molecule has 1 unspecified atom stereocenters. The maximum atomic E-state index is 8.52. The Labute approximate surface area is 56.3 Å². The van der Waals surface area contributed by atoms with E-state index in [1.54, 1.807) is 0 Å². The topological polar surface area (TPSA) is 76.7 Å². The van der Waals surface area contributed by atoms with Crippen LogP contribution in [0.3, 0.4) is 0 Å². The Balaban J connectivity index is 2.88. The fraction of sp³-hybridized carbons (Fsp3) is 1.00. The van der Waals surface area contributed by atoms with Gasteiger partial charge in [0.2, 0.25) is 0 Å². The van der Waals surface area contributed by atoms with E-state index in [1.165, 1.54) is 0 Å². The van der Waals surface area contributed by atoms with Gasteiger partial charge in [0.1, 0.15) is 0 Å². The molecule has 0 aliphatic carbocycles. The van der Waals surface area contributed by atoms with E-state index >= 15 is 0 Å². The maximum absolute atomic E-state index is 8.52. The maximum Gasteiger partial charge on any atom is 0.657 e. The Hall–Kier alpha value is 0.295. The van der Waals surface area contributed by atoms with Crippen LogP contribution in [0.2, 0.25) is 0 Å². The van der Waals surface area contributed by atoms with Crippen molar-refractivity contribution in [3.63, 3.8) is 0 Å². The average molecular weight is 152 g/mol. The second-order valence-corrected chi connectivity index (χ2v) is 1.52. The van der Waals surface area contributed by atoms with Gasteiger partial charge in [-0.25, -0.2) is 5.48 Å². The minimum atomic E-state index is -1.25. The van der Waals surface area contributed by atoms with E-state index in [4.69, 9.17) is 10.8 Å². The molecule has 0 aliphatic rings. The lowest BCUT2D eigenvalue weighted by atomic mass is 10.3. The lowest BCUT2D eigenvalue weighted by Gasteiger charge is -2.03. The predicted octanol–water partition coefficient (Wildman–Crippen LogP) is -1.75. The first-order valence-corrected chi connectivity index (χ1v) is 2.90. The van der Waals surface area contributed by atoms with Gasteiger partial charge in [0.25, 0.3) is 0 Å². The Kier molecular flexibility index (Phi) is 6.63. The van der Waals surface area contributed by atoms with Crippen molar-refractivity contribution in [1.82, 2.24) is 5.48 Å². The van der Waals surface area contributed by atoms with Gasteiger partial charge >= 0.3 is 7.32 Å². The molecule has 0 aromatic carbocycles. The lowest BCUT2D eigenvalue weighted by Crippen LogP contribution is -2.31. The van der Waals surface area contributed by atoms with Crippen LogP contribution in [0.25, 0.3) is 0 Å². The van der Waals surface area contributed by atoms with Crippen molar-refractivity contribution in [3.05, 3.63) is 0 Å². The molecule has 0 amide bonds. The monoisotopic (exact) mass is 152 g/mol. The van der Waals surface area contributed by atoms with Crippen molar-refractivity contribution < 1.29 is 14.2 Å². The summed E-state index contributed by atoms with van der Waals surface area (Å²) >= 11 is 0. The van der Waals surface area contributed by atoms with Crippen molar-refractivity contribution in [2.45, 2.75) is 0 Å². The summed E-state index contributed by atoms with van der Waals surface area (Å²) in [7, 11) is 0.610. The van der Waals surface area contributed by atoms with Gasteiger partial charge in [-0.3, -0.25) is 0 Å². The number of hydrogen-bond donors (Lipinski definition) is 3. The van der Waals surface area contributed by atoms with Crippen LogP contribution >= 0.6 is 9.47 Å². The normalized spacial score (nSPS) is 9.67. The number of rotatable bonds is 5. The molecular formula is C2H10BN2O3P. The summed E-state index contributed by atoms with van der Waals surface area (Å²) in [6, 6.07) is 0. The van der Waals surface area contributed by atoms with Gasteiger partial charge in [0, 0.05) is 13.1 Å². The van der Waals surface area contributed by atoms with Crippen LogP contribution in [0.4, 0.5) is 0 Å². The van der Waals surface area contributed by atoms with Gasteiger partial charge in [-0.05, 0) is 9.47 Å². The molecule has 0 saturated carbocycles. The Morgan fingerprint density at radius 3 is 2.89 bits per heavy atom. The van der Waals surface area contributed by atoms with Crippen LogP contribution in [0.1, 0.15) is 0 Å². The second-order valence-electron chi connectivity index (χ2n) is 1.24. The van der Waals surface area contributed by atoms with Crippen LogP contribution in [0, 0.1) is 0 Å². The van der Waals surface area contributed by atoms with Crippen LogP contribution in [-0.2, 0) is 9.20 Å². The van der Waals surface area contributed by atoms with Crippen molar-refractivity contribution in [2.75, 3.05) is 13.1 Å². The largest absolute Gasteiger partial charge is 0.657 e. The molecule has 0 saturated heterocycles. The molecule has 7 heteroatoms. The van der Waals surface area contributed by atoms with Crippen molar-refractivity contribution in [3.8, 4) is 0 Å². The average Bonchev–Trinajstić information content (AvgIpc) is 1.89. The highest BCUT2D eigenvalue weighted by Gasteiger charge is 2.11. The van der Waals surface area contributed by atoms with Crippen molar-refractivity contribution in [2.24, 2.45) is 5.73 Å². The first-order chi connectivity index (χ1) is 4.31. The zero-order chi connectivity index (χ0) is 7.11. The van der Waals surface area contributed by atoms with E-state index < -0.39 is 7.32 Å². The van der Waals surface area contributed by atoms with Crippen LogP contribution in [0.15, 0.2) is 0 Å². The van der Waals surface area contributed by atoms with Crippen LogP contribution in [-0.4, -0.2) is 25.4 Å². The Morgan fingerprint density at radius 1 is 1.78 bits per heavy atom. The summed E-state index contributed by atoms with van der Waals surface area (Å²) in [4.78, 5) is 0. The van der Waals surface area contributed by atoms with Crippen molar-refractivity contribution in [1.29, 1.82) is 0 Å². The summed E-state index contributed by atoms with van der Waals surface area (Å²) < 4.78 is 8.66. The highest BCUT2D eigenvalue weighted by Crippen LogP contribution is 1.87. The molecular weight excluding hydrogens is 142 g/mol. The SMILES string of the molecule is NCCNOB(O)OP. The summed E-state index contributed by atoms with van der Waals surface area (Å²) in [5, 5.41) is 8.52. The number of hydroxylamine groups is 1. The molecule has 5 nitrogen and oxygen atoms in total.